The van der Waals surface area contributed by atoms with Gasteiger partial charge in [-0.05, 0) is 42.8 Å². The Bertz CT molecular complexity index is 1110. The molecule has 0 saturated carbocycles. The molecule has 4 N–H and O–H groups in total. The summed E-state index contributed by atoms with van der Waals surface area (Å²) in [5.41, 5.74) is 3.06. The number of benzene rings is 2. The molecule has 0 fully saturated rings. The van der Waals surface area contributed by atoms with Gasteiger partial charge in [0.25, 0.3) is 5.91 Å². The van der Waals surface area contributed by atoms with Gasteiger partial charge in [-0.3, -0.25) is 4.79 Å². The molecule has 7 heteroatoms. The molecule has 1 spiro atoms. The number of hydrogen-bond donors (Lipinski definition) is 3. The van der Waals surface area contributed by atoms with Crippen LogP contribution >= 0.6 is 23.2 Å². The summed E-state index contributed by atoms with van der Waals surface area (Å²) in [6.45, 7) is 2.06. The third-order valence-electron chi connectivity index (χ3n) is 5.41. The van der Waals surface area contributed by atoms with E-state index in [1.54, 1.807) is 12.1 Å². The lowest BCUT2D eigenvalue weighted by Gasteiger charge is -2.33. The Hall–Kier alpha value is -2.08. The zero-order valence-corrected chi connectivity index (χ0v) is 15.3. The summed E-state index contributed by atoms with van der Waals surface area (Å²) in [6, 6.07) is 8.56. The van der Waals surface area contributed by atoms with E-state index >= 15 is 0 Å². The molecule has 1 amide bonds. The van der Waals surface area contributed by atoms with Gasteiger partial charge in [-0.1, -0.05) is 23.2 Å². The minimum absolute atomic E-state index is 0.0569. The van der Waals surface area contributed by atoms with E-state index in [1.807, 2.05) is 12.1 Å². The maximum atomic E-state index is 14.1. The van der Waals surface area contributed by atoms with Crippen molar-refractivity contribution < 1.29 is 14.5 Å². The van der Waals surface area contributed by atoms with Crippen molar-refractivity contribution in [3.63, 3.8) is 0 Å². The Morgan fingerprint density at radius 2 is 2.08 bits per heavy atom. The van der Waals surface area contributed by atoms with Crippen molar-refractivity contribution in [3.8, 4) is 0 Å². The van der Waals surface area contributed by atoms with Gasteiger partial charge in [0.05, 0.1) is 28.0 Å². The van der Waals surface area contributed by atoms with Crippen molar-refractivity contribution in [2.75, 3.05) is 5.32 Å². The van der Waals surface area contributed by atoms with Gasteiger partial charge in [0, 0.05) is 22.3 Å². The first-order chi connectivity index (χ1) is 12.4. The first kappa shape index (κ1) is 16.1. The third kappa shape index (κ3) is 1.96. The number of nitrogens with one attached hydrogen (secondary N) is 2. The van der Waals surface area contributed by atoms with Gasteiger partial charge in [0.15, 0.2) is 0 Å². The summed E-state index contributed by atoms with van der Waals surface area (Å²) >= 11 is 12.2. The number of halogens is 3. The molecule has 132 valence electrons. The van der Waals surface area contributed by atoms with Crippen molar-refractivity contribution in [2.45, 2.75) is 24.9 Å². The van der Waals surface area contributed by atoms with E-state index in [-0.39, 0.29) is 17.0 Å². The van der Waals surface area contributed by atoms with Gasteiger partial charge < -0.3 is 15.6 Å². The Morgan fingerprint density at radius 3 is 2.88 bits per heavy atom. The fourth-order valence-corrected chi connectivity index (χ4v) is 4.73. The monoisotopic (exact) mass is 390 g/mol. The highest BCUT2D eigenvalue weighted by Crippen LogP contribution is 2.44. The third-order valence-corrected chi connectivity index (χ3v) is 5.94. The zero-order valence-electron chi connectivity index (χ0n) is 13.8. The van der Waals surface area contributed by atoms with Crippen LogP contribution in [0.1, 0.15) is 23.7 Å². The van der Waals surface area contributed by atoms with Gasteiger partial charge in [-0.15, -0.1) is 0 Å². The number of rotatable bonds is 0. The van der Waals surface area contributed by atoms with Crippen LogP contribution in [0, 0.1) is 5.82 Å². The highest BCUT2D eigenvalue weighted by molar-refractivity contribution is 6.31. The molecule has 4 nitrogen and oxygen atoms in total. The summed E-state index contributed by atoms with van der Waals surface area (Å²) in [4.78, 5) is 16.5. The number of amides is 1. The van der Waals surface area contributed by atoms with Crippen LogP contribution in [0.3, 0.4) is 0 Å². The van der Waals surface area contributed by atoms with Gasteiger partial charge in [0.1, 0.15) is 5.82 Å². The average Bonchev–Trinajstić information content (AvgIpc) is 3.06. The van der Waals surface area contributed by atoms with Crippen LogP contribution in [-0.2, 0) is 16.8 Å². The molecule has 0 bridgehead atoms. The minimum Gasteiger partial charge on any atom is -0.352 e. The lowest BCUT2D eigenvalue weighted by atomic mass is 9.80. The summed E-state index contributed by atoms with van der Waals surface area (Å²) in [6.07, 6.45) is 0.724. The Kier molecular flexibility index (Phi) is 3.24. The number of quaternary nitrogens is 1. The standard InChI is InChI=1S/C19H14Cl2FN3O/c1-8-4-11-10-6-14(22)13(21)7-16(10)23-17(11)19(25-8)12-5-9(20)2-3-15(12)24-18(19)26/h2-3,5-8,23,25H,4H2,1H3,(H,24,26)/p+1/t8?,19-/m1/s1. The highest BCUT2D eigenvalue weighted by atomic mass is 35.5. The molecule has 1 aromatic heterocycles. The molecule has 0 radical (unpaired) electrons. The number of anilines is 1. The fourth-order valence-electron chi connectivity index (χ4n) is 4.39. The maximum Gasteiger partial charge on any atom is 0.297 e. The molecule has 2 aliphatic heterocycles. The van der Waals surface area contributed by atoms with E-state index in [0.29, 0.717) is 5.02 Å². The number of aromatic amines is 1. The molecule has 3 heterocycles. The summed E-state index contributed by atoms with van der Waals surface area (Å²) in [5.74, 6) is -0.586. The average molecular weight is 391 g/mol. The van der Waals surface area contributed by atoms with Gasteiger partial charge in [-0.2, -0.15) is 0 Å². The van der Waals surface area contributed by atoms with E-state index < -0.39 is 11.4 Å². The van der Waals surface area contributed by atoms with E-state index in [1.165, 1.54) is 6.07 Å². The maximum absolute atomic E-state index is 14.1. The fraction of sp³-hybridized carbons (Fsp3) is 0.211. The van der Waals surface area contributed by atoms with Crippen molar-refractivity contribution >= 4 is 45.7 Å². The number of carbonyl (C=O) groups excluding carboxylic acids is 1. The second-order valence-electron chi connectivity index (χ2n) is 7.09. The molecular weight excluding hydrogens is 376 g/mol. The van der Waals surface area contributed by atoms with Crippen LogP contribution in [0.15, 0.2) is 30.3 Å². The van der Waals surface area contributed by atoms with Gasteiger partial charge in [-0.25, -0.2) is 4.39 Å². The number of H-pyrrole nitrogens is 1. The quantitative estimate of drug-likeness (QED) is 0.541. The lowest BCUT2D eigenvalue weighted by molar-refractivity contribution is -0.742. The zero-order chi connectivity index (χ0) is 18.2. The molecule has 1 unspecified atom stereocenters. The van der Waals surface area contributed by atoms with Crippen LogP contribution < -0.4 is 10.6 Å². The Morgan fingerprint density at radius 1 is 1.27 bits per heavy atom. The molecule has 26 heavy (non-hydrogen) atoms. The Balaban J connectivity index is 1.87. The van der Waals surface area contributed by atoms with Crippen LogP contribution in [0.2, 0.25) is 10.0 Å². The second kappa shape index (κ2) is 5.22. The van der Waals surface area contributed by atoms with Crippen LogP contribution in [0.4, 0.5) is 10.1 Å². The predicted molar refractivity (Wildman–Crippen MR) is 99.2 cm³/mol. The van der Waals surface area contributed by atoms with Gasteiger partial charge in [0.2, 0.25) is 5.54 Å². The number of hydrogen-bond acceptors (Lipinski definition) is 1. The number of fused-ring (bicyclic) bond motifs is 6. The molecule has 3 aromatic rings. The molecule has 2 atom stereocenters. The summed E-state index contributed by atoms with van der Waals surface area (Å²) in [5, 5.41) is 6.41. The smallest absolute Gasteiger partial charge is 0.297 e. The van der Waals surface area contributed by atoms with E-state index in [0.717, 1.165) is 39.8 Å². The minimum atomic E-state index is -0.963. The van der Waals surface area contributed by atoms with Crippen molar-refractivity contribution in [1.82, 2.24) is 4.98 Å². The molecular formula is C19H15Cl2FN3O+. The number of nitrogens with two attached hydrogens (primary N) is 1. The van der Waals surface area contributed by atoms with Crippen LogP contribution in [0.25, 0.3) is 10.9 Å². The molecule has 5 rings (SSSR count). The molecule has 2 aliphatic rings. The number of aromatic nitrogens is 1. The number of carbonyl (C=O) groups is 1. The van der Waals surface area contributed by atoms with Crippen molar-refractivity contribution in [1.29, 1.82) is 0 Å². The summed E-state index contributed by atoms with van der Waals surface area (Å²) < 4.78 is 14.1. The van der Waals surface area contributed by atoms with E-state index in [4.69, 9.17) is 23.2 Å². The molecule has 2 aromatic carbocycles. The first-order valence-corrected chi connectivity index (χ1v) is 9.13. The van der Waals surface area contributed by atoms with Crippen molar-refractivity contribution in [3.05, 3.63) is 63.0 Å². The summed E-state index contributed by atoms with van der Waals surface area (Å²) in [7, 11) is 0. The van der Waals surface area contributed by atoms with E-state index in [9.17, 15) is 9.18 Å². The molecule has 0 aliphatic carbocycles. The Labute approximate surface area is 158 Å². The van der Waals surface area contributed by atoms with Crippen molar-refractivity contribution in [2.24, 2.45) is 0 Å². The molecule has 0 saturated heterocycles. The highest BCUT2D eigenvalue weighted by Gasteiger charge is 2.57. The normalized spacial score (nSPS) is 24.0. The topological polar surface area (TPSA) is 61.5 Å². The first-order valence-electron chi connectivity index (χ1n) is 8.37. The lowest BCUT2D eigenvalue weighted by Crippen LogP contribution is -3.02. The van der Waals surface area contributed by atoms with Gasteiger partial charge >= 0.3 is 0 Å². The van der Waals surface area contributed by atoms with Crippen LogP contribution in [-0.4, -0.2) is 16.9 Å². The largest absolute Gasteiger partial charge is 0.352 e. The predicted octanol–water partition coefficient (Wildman–Crippen LogP) is 3.32. The van der Waals surface area contributed by atoms with E-state index in [2.05, 4.69) is 22.5 Å². The van der Waals surface area contributed by atoms with Crippen LogP contribution in [0.5, 0.6) is 0 Å². The SMILES string of the molecule is CC1Cc2c([nH]c3cc(Cl)c(F)cc23)[C@@]2([NH2+]1)C(=O)Nc1ccc(Cl)cc12. The second-order valence-corrected chi connectivity index (χ2v) is 7.93.